The average molecular weight is 377 g/mol. The molecule has 1 saturated carbocycles. The van der Waals surface area contributed by atoms with E-state index < -0.39 is 6.04 Å². The van der Waals surface area contributed by atoms with Crippen LogP contribution in [-0.2, 0) is 4.79 Å². The number of nitrogens with one attached hydrogen (secondary N) is 1. The van der Waals surface area contributed by atoms with Gasteiger partial charge in [-0.1, -0.05) is 23.3 Å². The highest BCUT2D eigenvalue weighted by molar-refractivity contribution is 5.84. The normalized spacial score (nSPS) is 19.0. The molecule has 2 aromatic heterocycles. The Morgan fingerprint density at radius 2 is 1.96 bits per heavy atom. The maximum atomic E-state index is 12.7. The molecule has 0 bridgehead atoms. The first kappa shape index (κ1) is 17.2. The van der Waals surface area contributed by atoms with Crippen LogP contribution in [0.5, 0.6) is 0 Å². The van der Waals surface area contributed by atoms with E-state index in [1.165, 1.54) is 12.8 Å². The van der Waals surface area contributed by atoms with E-state index in [-0.39, 0.29) is 11.9 Å². The summed E-state index contributed by atoms with van der Waals surface area (Å²) in [6, 6.07) is 9.68. The van der Waals surface area contributed by atoms with Crippen molar-refractivity contribution in [2.24, 2.45) is 5.41 Å². The molecule has 1 spiro atoms. The zero-order chi connectivity index (χ0) is 19.1. The lowest BCUT2D eigenvalue weighted by atomic mass is 9.93. The fourth-order valence-electron chi connectivity index (χ4n) is 3.99. The molecular formula is C21H23N5O2. The van der Waals surface area contributed by atoms with Crippen molar-refractivity contribution >= 4 is 22.8 Å². The maximum absolute atomic E-state index is 12.7. The first-order valence-corrected chi connectivity index (χ1v) is 9.86. The SMILES string of the molecule is C[C@@H](Nc1nnc(-c2cnc3ccccc3c2)o1)C(=O)N1CCC2(CC1)CC2. The van der Waals surface area contributed by atoms with Crippen LogP contribution in [0.15, 0.2) is 40.9 Å². The number of nitrogens with zero attached hydrogens (tertiary/aromatic N) is 4. The molecule has 144 valence electrons. The van der Waals surface area contributed by atoms with E-state index in [9.17, 15) is 4.79 Å². The molecule has 2 fully saturated rings. The van der Waals surface area contributed by atoms with Crippen molar-refractivity contribution in [3.8, 4) is 11.5 Å². The van der Waals surface area contributed by atoms with Gasteiger partial charge in [0.25, 0.3) is 5.89 Å². The van der Waals surface area contributed by atoms with Gasteiger partial charge in [0.15, 0.2) is 0 Å². The summed E-state index contributed by atoms with van der Waals surface area (Å²) in [4.78, 5) is 19.1. The maximum Gasteiger partial charge on any atom is 0.316 e. The van der Waals surface area contributed by atoms with Crippen molar-refractivity contribution in [2.75, 3.05) is 18.4 Å². The van der Waals surface area contributed by atoms with E-state index in [0.29, 0.717) is 11.3 Å². The summed E-state index contributed by atoms with van der Waals surface area (Å²) in [5.74, 6) is 0.469. The molecule has 1 saturated heterocycles. The first-order chi connectivity index (χ1) is 13.6. The predicted molar refractivity (Wildman–Crippen MR) is 106 cm³/mol. The zero-order valence-electron chi connectivity index (χ0n) is 15.9. The van der Waals surface area contributed by atoms with Gasteiger partial charge >= 0.3 is 6.01 Å². The van der Waals surface area contributed by atoms with Crippen molar-refractivity contribution in [1.29, 1.82) is 0 Å². The number of amides is 1. The highest BCUT2D eigenvalue weighted by Crippen LogP contribution is 2.53. The van der Waals surface area contributed by atoms with Gasteiger partial charge in [-0.25, -0.2) is 0 Å². The van der Waals surface area contributed by atoms with E-state index in [1.54, 1.807) is 6.20 Å². The lowest BCUT2D eigenvalue weighted by molar-refractivity contribution is -0.133. The molecule has 1 aliphatic heterocycles. The van der Waals surface area contributed by atoms with E-state index >= 15 is 0 Å². The van der Waals surface area contributed by atoms with Crippen LogP contribution >= 0.6 is 0 Å². The molecule has 1 aliphatic carbocycles. The van der Waals surface area contributed by atoms with E-state index in [1.807, 2.05) is 42.2 Å². The van der Waals surface area contributed by atoms with Crippen LogP contribution < -0.4 is 5.32 Å². The van der Waals surface area contributed by atoms with Crippen LogP contribution in [0.3, 0.4) is 0 Å². The first-order valence-electron chi connectivity index (χ1n) is 9.86. The Balaban J connectivity index is 1.25. The molecule has 28 heavy (non-hydrogen) atoms. The number of carbonyl (C=O) groups is 1. The van der Waals surface area contributed by atoms with Crippen molar-refractivity contribution < 1.29 is 9.21 Å². The van der Waals surface area contributed by atoms with Crippen LogP contribution in [-0.4, -0.2) is 45.1 Å². The summed E-state index contributed by atoms with van der Waals surface area (Å²) in [7, 11) is 0. The van der Waals surface area contributed by atoms with E-state index in [2.05, 4.69) is 20.5 Å². The summed E-state index contributed by atoms with van der Waals surface area (Å²) < 4.78 is 5.73. The summed E-state index contributed by atoms with van der Waals surface area (Å²) in [6.45, 7) is 3.54. The quantitative estimate of drug-likeness (QED) is 0.749. The van der Waals surface area contributed by atoms with Gasteiger partial charge in [-0.3, -0.25) is 9.78 Å². The Kier molecular flexibility index (Phi) is 4.03. The highest BCUT2D eigenvalue weighted by Gasteiger charge is 2.45. The number of hydrogen-bond donors (Lipinski definition) is 1. The fraction of sp³-hybridized carbons (Fsp3) is 0.429. The third-order valence-corrected chi connectivity index (χ3v) is 6.07. The van der Waals surface area contributed by atoms with Gasteiger partial charge in [0, 0.05) is 24.7 Å². The van der Waals surface area contributed by atoms with Gasteiger partial charge in [0.2, 0.25) is 5.91 Å². The Labute approximate surface area is 163 Å². The van der Waals surface area contributed by atoms with Gasteiger partial charge in [0.1, 0.15) is 6.04 Å². The molecule has 2 aliphatic rings. The summed E-state index contributed by atoms with van der Waals surface area (Å²) in [5.41, 5.74) is 2.23. The second-order valence-electron chi connectivity index (χ2n) is 8.02. The minimum Gasteiger partial charge on any atom is -0.403 e. The van der Waals surface area contributed by atoms with Gasteiger partial charge in [-0.2, -0.15) is 0 Å². The van der Waals surface area contributed by atoms with Gasteiger partial charge in [-0.15, -0.1) is 5.10 Å². The second-order valence-corrected chi connectivity index (χ2v) is 8.02. The number of rotatable bonds is 4. The summed E-state index contributed by atoms with van der Waals surface area (Å²) in [6.07, 6.45) is 6.64. The average Bonchev–Trinajstić information content (AvgIpc) is 3.31. The van der Waals surface area contributed by atoms with Crippen molar-refractivity contribution in [3.63, 3.8) is 0 Å². The number of benzene rings is 1. The number of fused-ring (bicyclic) bond motifs is 1. The third-order valence-electron chi connectivity index (χ3n) is 6.07. The monoisotopic (exact) mass is 377 g/mol. The predicted octanol–water partition coefficient (Wildman–Crippen LogP) is 3.49. The highest BCUT2D eigenvalue weighted by atomic mass is 16.4. The minimum absolute atomic E-state index is 0.0858. The number of para-hydroxylation sites is 1. The number of hydrogen-bond acceptors (Lipinski definition) is 6. The summed E-state index contributed by atoms with van der Waals surface area (Å²) >= 11 is 0. The molecular weight excluding hydrogens is 354 g/mol. The topological polar surface area (TPSA) is 84.1 Å². The van der Waals surface area contributed by atoms with Crippen LogP contribution in [0.25, 0.3) is 22.4 Å². The Bertz CT molecular complexity index is 1020. The Morgan fingerprint density at radius 1 is 1.18 bits per heavy atom. The van der Waals surface area contributed by atoms with Crippen LogP contribution in [0.1, 0.15) is 32.6 Å². The van der Waals surface area contributed by atoms with Gasteiger partial charge in [-0.05, 0) is 50.2 Å². The van der Waals surface area contributed by atoms with Crippen molar-refractivity contribution in [3.05, 3.63) is 36.5 Å². The van der Waals surface area contributed by atoms with Crippen molar-refractivity contribution in [2.45, 2.75) is 38.6 Å². The number of anilines is 1. The minimum atomic E-state index is -0.406. The molecule has 5 rings (SSSR count). The Hall–Kier alpha value is -2.96. The number of carbonyl (C=O) groups excluding carboxylic acids is 1. The molecule has 1 amide bonds. The lowest BCUT2D eigenvalue weighted by Gasteiger charge is -2.33. The molecule has 0 unspecified atom stereocenters. The molecule has 7 nitrogen and oxygen atoms in total. The van der Waals surface area contributed by atoms with E-state index in [0.717, 1.165) is 42.4 Å². The van der Waals surface area contributed by atoms with Gasteiger partial charge < -0.3 is 14.6 Å². The second kappa shape index (κ2) is 6.58. The van der Waals surface area contributed by atoms with Crippen LogP contribution in [0.2, 0.25) is 0 Å². The van der Waals surface area contributed by atoms with Crippen molar-refractivity contribution in [1.82, 2.24) is 20.1 Å². The number of piperidine rings is 1. The molecule has 1 aromatic carbocycles. The molecule has 1 N–H and O–H groups in total. The Morgan fingerprint density at radius 3 is 2.75 bits per heavy atom. The molecule has 3 aromatic rings. The number of pyridine rings is 1. The summed E-state index contributed by atoms with van der Waals surface area (Å²) in [5, 5.41) is 12.2. The largest absolute Gasteiger partial charge is 0.403 e. The molecule has 1 atom stereocenters. The smallest absolute Gasteiger partial charge is 0.316 e. The molecule has 7 heteroatoms. The lowest BCUT2D eigenvalue weighted by Crippen LogP contribution is -2.45. The number of likely N-dealkylation sites (tertiary alicyclic amines) is 1. The number of aromatic nitrogens is 3. The third kappa shape index (κ3) is 3.21. The van der Waals surface area contributed by atoms with E-state index in [4.69, 9.17) is 4.42 Å². The van der Waals surface area contributed by atoms with Crippen LogP contribution in [0, 0.1) is 5.41 Å². The van der Waals surface area contributed by atoms with Gasteiger partial charge in [0.05, 0.1) is 11.1 Å². The molecule has 0 radical (unpaired) electrons. The fourth-order valence-corrected chi connectivity index (χ4v) is 3.99. The molecule has 3 heterocycles. The standard InChI is InChI=1S/C21H23N5O2/c1-14(19(27)26-10-8-21(6-7-21)9-11-26)23-20-25-24-18(28-20)16-12-15-4-2-3-5-17(15)22-13-16/h2-5,12-14H,6-11H2,1H3,(H,23,25)/t14-/m1/s1. The van der Waals surface area contributed by atoms with Crippen LogP contribution in [0.4, 0.5) is 6.01 Å². The zero-order valence-corrected chi connectivity index (χ0v) is 15.9.